The molecule has 0 radical (unpaired) electrons. The van der Waals surface area contributed by atoms with Gasteiger partial charge in [-0.3, -0.25) is 0 Å². The van der Waals surface area contributed by atoms with E-state index in [1.54, 1.807) is 60.7 Å². The molecule has 0 amide bonds. The highest BCUT2D eigenvalue weighted by Gasteiger charge is 1.98. The van der Waals surface area contributed by atoms with E-state index in [2.05, 4.69) is 11.5 Å². The van der Waals surface area contributed by atoms with Crippen molar-refractivity contribution in [2.75, 3.05) is 0 Å². The van der Waals surface area contributed by atoms with Crippen molar-refractivity contribution in [2.45, 2.75) is 23.6 Å². The smallest absolute Gasteiger partial charge is 0.131 e. The van der Waals surface area contributed by atoms with Crippen LogP contribution < -0.4 is 11.5 Å². The molecule has 4 aromatic rings. The molecule has 4 aromatic carbocycles. The van der Waals surface area contributed by atoms with E-state index in [1.807, 2.05) is 26.0 Å². The van der Waals surface area contributed by atoms with Crippen LogP contribution in [0.1, 0.15) is 11.1 Å². The number of hydrogen-bond donors (Lipinski definition) is 4. The first-order valence-electron chi connectivity index (χ1n) is 10.8. The van der Waals surface area contributed by atoms with E-state index in [-0.39, 0.29) is 21.3 Å². The highest BCUT2D eigenvalue weighted by molar-refractivity contribution is 7.86. The van der Waals surface area contributed by atoms with Gasteiger partial charge in [0.15, 0.2) is 0 Å². The van der Waals surface area contributed by atoms with Crippen LogP contribution in [0.4, 0.5) is 11.4 Å². The van der Waals surface area contributed by atoms with Crippen molar-refractivity contribution in [3.8, 4) is 11.5 Å². The second kappa shape index (κ2) is 14.8. The Morgan fingerprint density at radius 3 is 1.03 bits per heavy atom. The number of phenols is 2. The second-order valence-electron chi connectivity index (χ2n) is 7.87. The van der Waals surface area contributed by atoms with E-state index in [4.69, 9.17) is 10.2 Å². The Morgan fingerprint density at radius 1 is 0.553 bits per heavy atom. The van der Waals surface area contributed by atoms with Crippen LogP contribution in [0.25, 0.3) is 0 Å². The fraction of sp³-hybridized carbons (Fsp3) is 0.0769. The van der Waals surface area contributed by atoms with Gasteiger partial charge in [-0.25, -0.2) is 16.8 Å². The topological polar surface area (TPSA) is 210 Å². The molecular weight excluding hydrogens is 532 g/mol. The van der Waals surface area contributed by atoms with Gasteiger partial charge in [0.25, 0.3) is 0 Å². The van der Waals surface area contributed by atoms with Gasteiger partial charge in [-0.05, 0) is 62.4 Å². The number of hydrogen-bond acceptors (Lipinski definition) is 8. The maximum atomic E-state index is 10.4. The van der Waals surface area contributed by atoms with E-state index in [0.29, 0.717) is 0 Å². The van der Waals surface area contributed by atoms with Gasteiger partial charge in [0.2, 0.25) is 0 Å². The lowest BCUT2D eigenvalue weighted by atomic mass is 10.2. The van der Waals surface area contributed by atoms with Gasteiger partial charge in [-0.15, -0.1) is 0 Å². The predicted octanol–water partition coefficient (Wildman–Crippen LogP) is 2.33. The van der Waals surface area contributed by atoms with Crippen molar-refractivity contribution in [3.05, 3.63) is 108 Å². The standard InChI is InChI=1S/2C7H8O3S.2C6H7NO/c2*1-6-2-4-7(5-3-6)11(8,9)10;2*7-5-2-1-3-6(8)4-5/h2*2-5H,1H3,(H,8,9,10);2*1-4,8H,7H2. The monoisotopic (exact) mass is 562 g/mol. The number of aryl methyl sites for hydroxylation is 2. The maximum absolute atomic E-state index is 10.4. The minimum absolute atomic E-state index is 0.178. The molecule has 0 aromatic heterocycles. The molecular formula is C26H30N2O8S2. The molecule has 0 unspecified atom stereocenters. The highest BCUT2D eigenvalue weighted by atomic mass is 32.2. The molecule has 38 heavy (non-hydrogen) atoms. The van der Waals surface area contributed by atoms with E-state index in [0.717, 1.165) is 22.5 Å². The van der Waals surface area contributed by atoms with E-state index in [9.17, 15) is 25.9 Å². The molecule has 0 aliphatic heterocycles. The Balaban J connectivity index is 0.000000256. The normalized spacial score (nSPS) is 10.5. The molecule has 0 atom stereocenters. The molecule has 0 spiro atoms. The third-order valence-electron chi connectivity index (χ3n) is 4.44. The molecule has 204 valence electrons. The molecule has 10 nitrogen and oxygen atoms in total. The molecule has 8 N–H and O–H groups in total. The molecule has 0 fully saturated rings. The van der Waals surface area contributed by atoms with E-state index in [1.165, 1.54) is 24.3 Å². The third kappa shape index (κ3) is 13.5. The molecule has 0 saturated heterocycles. The van der Waals surface area contributed by atoms with Crippen molar-refractivity contribution >= 4 is 31.6 Å². The summed E-state index contributed by atoms with van der Waals surface area (Å²) in [5, 5.41) is 17.5. The summed E-state index contributed by atoms with van der Waals surface area (Å²) < 4.78 is 62.3. The molecule has 0 bridgehead atoms. The summed E-state index contributed by atoms with van der Waals surface area (Å²) in [7, 11) is -8.54. The van der Waals surface area contributed by atoms with E-state index < -0.39 is 20.2 Å². The molecule has 0 heterocycles. The zero-order chi connectivity index (χ0) is 28.9. The number of phenolic OH excluding ortho intramolecular Hbond substituents is 2. The first-order chi connectivity index (χ1) is 17.6. The van der Waals surface area contributed by atoms with Gasteiger partial charge in [0, 0.05) is 12.1 Å². The lowest BCUT2D eigenvalue weighted by molar-refractivity contribution is -0.255. The number of rotatable bonds is 2. The average Bonchev–Trinajstić information content (AvgIpc) is 2.79. The maximum Gasteiger partial charge on any atom is 0.131 e. The summed E-state index contributed by atoms with van der Waals surface area (Å²) in [6, 6.07) is 25.2. The Kier molecular flexibility index (Phi) is 12.6. The van der Waals surface area contributed by atoms with Crippen LogP contribution in [-0.4, -0.2) is 36.2 Å². The molecule has 4 rings (SSSR count). The van der Waals surface area contributed by atoms with Crippen molar-refractivity contribution in [3.63, 3.8) is 0 Å². The number of benzene rings is 4. The SMILES string of the molecule is Cc1ccc(S(=O)(=O)[O-])cc1.Cc1ccc(S(=O)(=O)[O-])cc1.[NH3+]c1cccc(O)c1.[NH3+]c1cccc(O)c1. The Hall–Kier alpha value is -3.78. The summed E-state index contributed by atoms with van der Waals surface area (Å²) in [5.74, 6) is 0.551. The van der Waals surface area contributed by atoms with Crippen molar-refractivity contribution in [1.82, 2.24) is 0 Å². The summed E-state index contributed by atoms with van der Waals surface area (Å²) in [4.78, 5) is -0.355. The largest absolute Gasteiger partial charge is 0.744 e. The summed E-state index contributed by atoms with van der Waals surface area (Å²) in [5.41, 5.74) is 10.8. The first kappa shape index (κ1) is 32.2. The molecule has 12 heteroatoms. The minimum Gasteiger partial charge on any atom is -0.744 e. The third-order valence-corrected chi connectivity index (χ3v) is 6.14. The second-order valence-corrected chi connectivity index (χ2v) is 10.6. The predicted molar refractivity (Wildman–Crippen MR) is 140 cm³/mol. The van der Waals surface area contributed by atoms with Gasteiger partial charge < -0.3 is 30.8 Å². The minimum atomic E-state index is -4.27. The number of aromatic hydroxyl groups is 2. The lowest BCUT2D eigenvalue weighted by Gasteiger charge is -2.05. The summed E-state index contributed by atoms with van der Waals surface area (Å²) >= 11 is 0. The highest BCUT2D eigenvalue weighted by Crippen LogP contribution is 2.11. The van der Waals surface area contributed by atoms with Gasteiger partial charge in [-0.1, -0.05) is 47.5 Å². The Labute approximate surface area is 222 Å². The summed E-state index contributed by atoms with van der Waals surface area (Å²) in [6.45, 7) is 3.64. The molecule has 0 aliphatic rings. The van der Waals surface area contributed by atoms with Crippen LogP contribution in [0.5, 0.6) is 11.5 Å². The van der Waals surface area contributed by atoms with Crippen molar-refractivity contribution < 1.29 is 47.6 Å². The first-order valence-corrected chi connectivity index (χ1v) is 13.7. The Morgan fingerprint density at radius 2 is 0.842 bits per heavy atom. The quantitative estimate of drug-likeness (QED) is 0.266. The van der Waals surface area contributed by atoms with Crippen LogP contribution in [0, 0.1) is 13.8 Å². The van der Waals surface area contributed by atoms with Crippen LogP contribution in [0.15, 0.2) is 107 Å². The van der Waals surface area contributed by atoms with Crippen molar-refractivity contribution in [1.29, 1.82) is 0 Å². The van der Waals surface area contributed by atoms with Crippen LogP contribution in [0.2, 0.25) is 0 Å². The van der Waals surface area contributed by atoms with Crippen LogP contribution in [-0.2, 0) is 20.2 Å². The van der Waals surface area contributed by atoms with E-state index >= 15 is 0 Å². The van der Waals surface area contributed by atoms with Gasteiger partial charge in [-0.2, -0.15) is 0 Å². The van der Waals surface area contributed by atoms with Gasteiger partial charge in [0.05, 0.1) is 9.79 Å². The van der Waals surface area contributed by atoms with Gasteiger partial charge in [0.1, 0.15) is 43.1 Å². The molecule has 0 aliphatic carbocycles. The average molecular weight is 563 g/mol. The fourth-order valence-corrected chi connectivity index (χ4v) is 3.46. The zero-order valence-electron chi connectivity index (χ0n) is 20.8. The molecule has 0 saturated carbocycles. The van der Waals surface area contributed by atoms with Crippen molar-refractivity contribution in [2.24, 2.45) is 0 Å². The Bertz CT molecular complexity index is 1350. The zero-order valence-corrected chi connectivity index (χ0v) is 22.4. The lowest BCUT2D eigenvalue weighted by Crippen LogP contribution is -2.39. The fourth-order valence-electron chi connectivity index (χ4n) is 2.52. The van der Waals surface area contributed by atoms with Crippen LogP contribution >= 0.6 is 0 Å². The van der Waals surface area contributed by atoms with Gasteiger partial charge >= 0.3 is 0 Å². The van der Waals surface area contributed by atoms with Crippen LogP contribution in [0.3, 0.4) is 0 Å². The summed E-state index contributed by atoms with van der Waals surface area (Å²) in [6.07, 6.45) is 0. The number of quaternary nitrogens is 2.